The number of phenolic OH excluding ortho intramolecular Hbond substituents is 1. The predicted molar refractivity (Wildman–Crippen MR) is 60.8 cm³/mol. The third kappa shape index (κ3) is 2.55. The Morgan fingerprint density at radius 2 is 2.12 bits per heavy atom. The van der Waals surface area contributed by atoms with E-state index in [-0.39, 0.29) is 11.3 Å². The highest BCUT2D eigenvalue weighted by Gasteiger charge is 2.37. The number of hydrogen-bond donors (Lipinski definition) is 2. The molecule has 17 heavy (non-hydrogen) atoms. The van der Waals surface area contributed by atoms with Gasteiger partial charge < -0.3 is 15.6 Å². The number of benzene rings is 1. The number of carbonyl (C=O) groups excluding carboxylic acids is 1. The van der Waals surface area contributed by atoms with E-state index in [1.54, 1.807) is 13.8 Å². The third-order valence-corrected chi connectivity index (χ3v) is 2.81. The molecule has 1 aromatic rings. The van der Waals surface area contributed by atoms with Gasteiger partial charge in [0, 0.05) is 11.6 Å². The van der Waals surface area contributed by atoms with Crippen LogP contribution in [0.3, 0.4) is 0 Å². The first kappa shape index (κ1) is 13.4. The van der Waals surface area contributed by atoms with Crippen LogP contribution in [-0.4, -0.2) is 18.2 Å². The number of halogens is 1. The second kappa shape index (κ2) is 4.71. The first-order chi connectivity index (χ1) is 7.80. The maximum Gasteiger partial charge on any atom is 0.313 e. The smallest absolute Gasteiger partial charge is 0.313 e. The Hall–Kier alpha value is -1.62. The van der Waals surface area contributed by atoms with Crippen LogP contribution in [0.2, 0.25) is 0 Å². The Morgan fingerprint density at radius 3 is 2.65 bits per heavy atom. The maximum absolute atomic E-state index is 13.1. The Kier molecular flexibility index (Phi) is 3.72. The molecular weight excluding hydrogens is 225 g/mol. The molecule has 0 radical (unpaired) electrons. The average molecular weight is 241 g/mol. The molecule has 1 aromatic carbocycles. The molecule has 0 aliphatic rings. The van der Waals surface area contributed by atoms with Crippen molar-refractivity contribution in [1.82, 2.24) is 0 Å². The quantitative estimate of drug-likeness (QED) is 0.790. The van der Waals surface area contributed by atoms with E-state index in [0.29, 0.717) is 0 Å². The fraction of sp³-hybridized carbons (Fsp3) is 0.417. The first-order valence-corrected chi connectivity index (χ1v) is 5.13. The van der Waals surface area contributed by atoms with Crippen molar-refractivity contribution in [3.8, 4) is 5.75 Å². The van der Waals surface area contributed by atoms with E-state index < -0.39 is 23.2 Å². The molecule has 3 N–H and O–H groups in total. The zero-order chi connectivity index (χ0) is 13.2. The zero-order valence-corrected chi connectivity index (χ0v) is 10.0. The molecule has 1 rings (SSSR count). The molecule has 0 aliphatic carbocycles. The number of nitrogens with two attached hydrogens (primary N) is 1. The van der Waals surface area contributed by atoms with E-state index in [1.165, 1.54) is 13.2 Å². The van der Waals surface area contributed by atoms with Crippen LogP contribution in [0.5, 0.6) is 5.75 Å². The van der Waals surface area contributed by atoms with Crippen LogP contribution >= 0.6 is 0 Å². The summed E-state index contributed by atoms with van der Waals surface area (Å²) in [6, 6.07) is 2.59. The van der Waals surface area contributed by atoms with Gasteiger partial charge in [0.1, 0.15) is 11.6 Å². The molecule has 0 saturated heterocycles. The van der Waals surface area contributed by atoms with Crippen LogP contribution in [-0.2, 0) is 9.53 Å². The second-order valence-corrected chi connectivity index (χ2v) is 4.39. The SMILES string of the molecule is COC(=O)C(C)(C)[C@H](N)c1cc(F)ccc1O. The Labute approximate surface area is 99.2 Å². The van der Waals surface area contributed by atoms with Crippen LogP contribution in [0.25, 0.3) is 0 Å². The van der Waals surface area contributed by atoms with E-state index in [9.17, 15) is 14.3 Å². The summed E-state index contributed by atoms with van der Waals surface area (Å²) in [7, 11) is 1.25. The monoisotopic (exact) mass is 241 g/mol. The zero-order valence-electron chi connectivity index (χ0n) is 10.0. The number of esters is 1. The van der Waals surface area contributed by atoms with Crippen LogP contribution in [0.4, 0.5) is 4.39 Å². The minimum Gasteiger partial charge on any atom is -0.508 e. The van der Waals surface area contributed by atoms with Gasteiger partial charge in [-0.1, -0.05) is 0 Å². The molecule has 0 amide bonds. The van der Waals surface area contributed by atoms with E-state index in [1.807, 2.05) is 0 Å². The summed E-state index contributed by atoms with van der Waals surface area (Å²) in [5, 5.41) is 9.62. The topological polar surface area (TPSA) is 72.5 Å². The Balaban J connectivity index is 3.15. The molecule has 0 fully saturated rings. The molecule has 0 aliphatic heterocycles. The molecule has 0 unspecified atom stereocenters. The lowest BCUT2D eigenvalue weighted by Crippen LogP contribution is -2.37. The maximum atomic E-state index is 13.1. The van der Waals surface area contributed by atoms with Crippen molar-refractivity contribution in [2.45, 2.75) is 19.9 Å². The minimum atomic E-state index is -1.06. The summed E-state index contributed by atoms with van der Waals surface area (Å²) in [6.45, 7) is 3.15. The van der Waals surface area contributed by atoms with Gasteiger partial charge in [0.2, 0.25) is 0 Å². The fourth-order valence-corrected chi connectivity index (χ4v) is 1.55. The van der Waals surface area contributed by atoms with Crippen molar-refractivity contribution in [2.24, 2.45) is 11.1 Å². The van der Waals surface area contributed by atoms with Crippen molar-refractivity contribution in [1.29, 1.82) is 0 Å². The molecular formula is C12H16FNO3. The molecule has 1 atom stereocenters. The summed E-state index contributed by atoms with van der Waals surface area (Å²) < 4.78 is 17.7. The van der Waals surface area contributed by atoms with E-state index in [4.69, 9.17) is 5.73 Å². The molecule has 0 aromatic heterocycles. The molecule has 5 heteroatoms. The first-order valence-electron chi connectivity index (χ1n) is 5.13. The minimum absolute atomic E-state index is 0.143. The Morgan fingerprint density at radius 1 is 1.53 bits per heavy atom. The largest absolute Gasteiger partial charge is 0.508 e. The van der Waals surface area contributed by atoms with Gasteiger partial charge >= 0.3 is 5.97 Å². The summed E-state index contributed by atoms with van der Waals surface area (Å²) >= 11 is 0. The molecule has 0 spiro atoms. The Bertz CT molecular complexity index is 432. The van der Waals surface area contributed by atoms with Crippen molar-refractivity contribution in [3.63, 3.8) is 0 Å². The van der Waals surface area contributed by atoms with Gasteiger partial charge in [-0.05, 0) is 32.0 Å². The fourth-order valence-electron chi connectivity index (χ4n) is 1.55. The molecule has 0 bridgehead atoms. The third-order valence-electron chi connectivity index (χ3n) is 2.81. The highest BCUT2D eigenvalue weighted by atomic mass is 19.1. The number of hydrogen-bond acceptors (Lipinski definition) is 4. The van der Waals surface area contributed by atoms with Crippen molar-refractivity contribution < 1.29 is 19.0 Å². The normalized spacial score (nSPS) is 13.2. The second-order valence-electron chi connectivity index (χ2n) is 4.39. The van der Waals surface area contributed by atoms with Gasteiger partial charge in [-0.2, -0.15) is 0 Å². The lowest BCUT2D eigenvalue weighted by Gasteiger charge is -2.29. The number of aromatic hydroxyl groups is 1. The van der Waals surface area contributed by atoms with E-state index in [0.717, 1.165) is 12.1 Å². The molecule has 4 nitrogen and oxygen atoms in total. The van der Waals surface area contributed by atoms with Crippen LogP contribution < -0.4 is 5.73 Å². The van der Waals surface area contributed by atoms with Gasteiger partial charge in [-0.3, -0.25) is 4.79 Å². The van der Waals surface area contributed by atoms with Crippen LogP contribution in [0.15, 0.2) is 18.2 Å². The predicted octanol–water partition coefficient (Wildman–Crippen LogP) is 1.73. The number of methoxy groups -OCH3 is 1. The number of rotatable bonds is 3. The molecule has 0 heterocycles. The highest BCUT2D eigenvalue weighted by molar-refractivity contribution is 5.77. The molecule has 94 valence electrons. The van der Waals surface area contributed by atoms with Crippen LogP contribution in [0.1, 0.15) is 25.5 Å². The number of carbonyl (C=O) groups is 1. The average Bonchev–Trinajstić information content (AvgIpc) is 2.30. The van der Waals surface area contributed by atoms with Gasteiger partial charge in [-0.15, -0.1) is 0 Å². The van der Waals surface area contributed by atoms with Crippen LogP contribution in [0, 0.1) is 11.2 Å². The lowest BCUT2D eigenvalue weighted by atomic mass is 9.80. The highest BCUT2D eigenvalue weighted by Crippen LogP contribution is 2.36. The van der Waals surface area contributed by atoms with E-state index >= 15 is 0 Å². The standard InChI is InChI=1S/C12H16FNO3/c1-12(2,11(16)17-3)10(14)8-6-7(13)4-5-9(8)15/h4-6,10,15H,14H2,1-3H3/t10-/m1/s1. The summed E-state index contributed by atoms with van der Waals surface area (Å²) in [6.07, 6.45) is 0. The summed E-state index contributed by atoms with van der Waals surface area (Å²) in [4.78, 5) is 11.6. The van der Waals surface area contributed by atoms with Crippen molar-refractivity contribution in [3.05, 3.63) is 29.6 Å². The molecule has 0 saturated carbocycles. The van der Waals surface area contributed by atoms with Gasteiger partial charge in [0.25, 0.3) is 0 Å². The number of phenols is 1. The van der Waals surface area contributed by atoms with Gasteiger partial charge in [-0.25, -0.2) is 4.39 Å². The van der Waals surface area contributed by atoms with Gasteiger partial charge in [0.15, 0.2) is 0 Å². The van der Waals surface area contributed by atoms with Crippen molar-refractivity contribution in [2.75, 3.05) is 7.11 Å². The van der Waals surface area contributed by atoms with Crippen molar-refractivity contribution >= 4 is 5.97 Å². The van der Waals surface area contributed by atoms with Gasteiger partial charge in [0.05, 0.1) is 12.5 Å². The summed E-state index contributed by atoms with van der Waals surface area (Å²) in [5.41, 5.74) is 5.02. The number of ether oxygens (including phenoxy) is 1. The van der Waals surface area contributed by atoms with E-state index in [2.05, 4.69) is 4.74 Å². The lowest BCUT2D eigenvalue weighted by molar-refractivity contribution is -0.152. The summed E-state index contributed by atoms with van der Waals surface area (Å²) in [5.74, 6) is -1.18.